The molecular weight excluding hydrogens is 450 g/mol. The zero-order valence-corrected chi connectivity index (χ0v) is 19.7. The van der Waals surface area contributed by atoms with Gasteiger partial charge < -0.3 is 4.74 Å². The number of aryl methyl sites for hydroxylation is 1. The average Bonchev–Trinajstić information content (AvgIpc) is 3.28. The summed E-state index contributed by atoms with van der Waals surface area (Å²) in [4.78, 5) is 0.0975. The van der Waals surface area contributed by atoms with Gasteiger partial charge in [0.05, 0.1) is 23.3 Å². The number of hydrogen-bond donors (Lipinski definition) is 1. The van der Waals surface area contributed by atoms with Gasteiger partial charge in [0.25, 0.3) is 0 Å². The van der Waals surface area contributed by atoms with E-state index in [0.29, 0.717) is 22.8 Å². The molecule has 0 aliphatic rings. The molecule has 0 fully saturated rings. The first kappa shape index (κ1) is 22.0. The van der Waals surface area contributed by atoms with E-state index in [0.717, 1.165) is 22.0 Å². The fraction of sp³-hybridized carbons (Fsp3) is 0.160. The first-order valence-electron chi connectivity index (χ1n) is 10.8. The second-order valence-corrected chi connectivity index (χ2v) is 9.72. The maximum absolute atomic E-state index is 13.2. The molecular formula is C25H23N5O3S. The van der Waals surface area contributed by atoms with Crippen LogP contribution in [0.3, 0.4) is 0 Å². The Kier molecular flexibility index (Phi) is 5.51. The monoisotopic (exact) mass is 473 g/mol. The zero-order valence-electron chi connectivity index (χ0n) is 18.9. The molecule has 0 aliphatic heterocycles. The van der Waals surface area contributed by atoms with Crippen LogP contribution in [0, 0.1) is 6.92 Å². The molecule has 1 atom stereocenters. The number of nitrogens with one attached hydrogen (secondary N) is 1. The van der Waals surface area contributed by atoms with Gasteiger partial charge in [-0.3, -0.25) is 0 Å². The van der Waals surface area contributed by atoms with Crippen molar-refractivity contribution < 1.29 is 13.2 Å². The minimum absolute atomic E-state index is 0.0975. The van der Waals surface area contributed by atoms with E-state index in [1.54, 1.807) is 23.6 Å². The normalized spacial score (nSPS) is 12.8. The predicted molar refractivity (Wildman–Crippen MR) is 130 cm³/mol. The van der Waals surface area contributed by atoms with Gasteiger partial charge in [-0.05, 0) is 37.6 Å². The van der Waals surface area contributed by atoms with E-state index in [4.69, 9.17) is 4.74 Å². The summed E-state index contributed by atoms with van der Waals surface area (Å²) in [6.45, 7) is 3.72. The van der Waals surface area contributed by atoms with Crippen LogP contribution in [0.25, 0.3) is 27.8 Å². The highest BCUT2D eigenvalue weighted by molar-refractivity contribution is 7.89. The van der Waals surface area contributed by atoms with Crippen LogP contribution in [0.5, 0.6) is 5.75 Å². The molecule has 0 saturated carbocycles. The van der Waals surface area contributed by atoms with E-state index in [9.17, 15) is 8.42 Å². The van der Waals surface area contributed by atoms with Crippen molar-refractivity contribution in [3.05, 3.63) is 84.1 Å². The molecule has 0 unspecified atom stereocenters. The van der Waals surface area contributed by atoms with Crippen molar-refractivity contribution >= 4 is 26.4 Å². The highest BCUT2D eigenvalue weighted by Gasteiger charge is 2.23. The Hall–Kier alpha value is -3.82. The molecule has 5 rings (SSSR count). The standard InChI is InChI=1S/C25H23N5O3S/c1-16(18-9-5-4-6-10-18)29-34(31,32)19-13-14-23(33-3)22(15-19)25-27-26-24-21-12-8-7-11-20(21)17(2)28-30(24)25/h4-16,29H,1-3H3/t16-/m1/s1. The molecule has 0 amide bonds. The summed E-state index contributed by atoms with van der Waals surface area (Å²) < 4.78 is 36.3. The first-order chi connectivity index (χ1) is 16.4. The fourth-order valence-corrected chi connectivity index (χ4v) is 5.31. The summed E-state index contributed by atoms with van der Waals surface area (Å²) in [5.41, 5.74) is 2.75. The van der Waals surface area contributed by atoms with Gasteiger partial charge in [0, 0.05) is 16.8 Å². The number of rotatable bonds is 6. The first-order valence-corrected chi connectivity index (χ1v) is 12.2. The summed E-state index contributed by atoms with van der Waals surface area (Å²) in [7, 11) is -2.30. The Morgan fingerprint density at radius 3 is 2.38 bits per heavy atom. The van der Waals surface area contributed by atoms with E-state index in [-0.39, 0.29) is 4.90 Å². The molecule has 9 heteroatoms. The highest BCUT2D eigenvalue weighted by atomic mass is 32.2. The van der Waals surface area contributed by atoms with Gasteiger partial charge in [0.15, 0.2) is 11.5 Å². The van der Waals surface area contributed by atoms with Gasteiger partial charge in [0.1, 0.15) is 5.75 Å². The number of aromatic nitrogens is 4. The molecule has 172 valence electrons. The number of sulfonamides is 1. The quantitative estimate of drug-likeness (QED) is 0.395. The third kappa shape index (κ3) is 3.78. The number of hydrogen-bond acceptors (Lipinski definition) is 6. The zero-order chi connectivity index (χ0) is 23.9. The van der Waals surface area contributed by atoms with Crippen molar-refractivity contribution in [2.75, 3.05) is 7.11 Å². The van der Waals surface area contributed by atoms with Gasteiger partial charge in [0.2, 0.25) is 10.0 Å². The maximum atomic E-state index is 13.2. The van der Waals surface area contributed by atoms with Crippen molar-refractivity contribution in [2.45, 2.75) is 24.8 Å². The Labute approximate surface area is 197 Å². The van der Waals surface area contributed by atoms with Crippen LogP contribution in [0.2, 0.25) is 0 Å². The Bertz CT molecular complexity index is 1610. The van der Waals surface area contributed by atoms with Crippen molar-refractivity contribution in [3.63, 3.8) is 0 Å². The number of ether oxygens (including phenoxy) is 1. The Balaban J connectivity index is 1.61. The van der Waals surface area contributed by atoms with E-state index in [1.807, 2.05) is 61.5 Å². The average molecular weight is 474 g/mol. The molecule has 0 aliphatic carbocycles. The maximum Gasteiger partial charge on any atom is 0.241 e. The van der Waals surface area contributed by atoms with Crippen molar-refractivity contribution in [1.29, 1.82) is 0 Å². The SMILES string of the molecule is COc1ccc(S(=O)(=O)N[C@H](C)c2ccccc2)cc1-c1nnc2c3ccccc3c(C)nn12. The van der Waals surface area contributed by atoms with Crippen LogP contribution in [0.1, 0.15) is 24.2 Å². The minimum atomic E-state index is -3.83. The fourth-order valence-electron chi connectivity index (χ4n) is 4.05. The molecule has 34 heavy (non-hydrogen) atoms. The number of benzene rings is 3. The lowest BCUT2D eigenvalue weighted by Gasteiger charge is -2.16. The second-order valence-electron chi connectivity index (χ2n) is 8.01. The van der Waals surface area contributed by atoms with E-state index < -0.39 is 16.1 Å². The molecule has 5 aromatic rings. The van der Waals surface area contributed by atoms with Crippen LogP contribution in [0.4, 0.5) is 0 Å². The second kappa shape index (κ2) is 8.51. The largest absolute Gasteiger partial charge is 0.496 e. The Morgan fingerprint density at radius 2 is 1.65 bits per heavy atom. The number of nitrogens with zero attached hydrogens (tertiary/aromatic N) is 4. The number of fused-ring (bicyclic) bond motifs is 3. The summed E-state index contributed by atoms with van der Waals surface area (Å²) in [5.74, 6) is 0.867. The van der Waals surface area contributed by atoms with Crippen molar-refractivity contribution in [1.82, 2.24) is 24.5 Å². The topological polar surface area (TPSA) is 98.5 Å². The number of methoxy groups -OCH3 is 1. The minimum Gasteiger partial charge on any atom is -0.496 e. The van der Waals surface area contributed by atoms with Gasteiger partial charge in [-0.2, -0.15) is 9.61 Å². The molecule has 0 saturated heterocycles. The van der Waals surface area contributed by atoms with Crippen molar-refractivity contribution in [3.8, 4) is 17.1 Å². The smallest absolute Gasteiger partial charge is 0.241 e. The van der Waals surface area contributed by atoms with Crippen LogP contribution in [-0.4, -0.2) is 35.3 Å². The molecule has 0 radical (unpaired) electrons. The van der Waals surface area contributed by atoms with Gasteiger partial charge in [-0.25, -0.2) is 13.1 Å². The lowest BCUT2D eigenvalue weighted by molar-refractivity contribution is 0.415. The molecule has 0 spiro atoms. The van der Waals surface area contributed by atoms with E-state index >= 15 is 0 Å². The third-order valence-corrected chi connectivity index (χ3v) is 7.34. The van der Waals surface area contributed by atoms with Crippen LogP contribution in [-0.2, 0) is 10.0 Å². The lowest BCUT2D eigenvalue weighted by atomic mass is 10.1. The molecule has 2 heterocycles. The molecule has 3 aromatic carbocycles. The van der Waals surface area contributed by atoms with Crippen LogP contribution >= 0.6 is 0 Å². The van der Waals surface area contributed by atoms with Gasteiger partial charge in [-0.15, -0.1) is 10.2 Å². The summed E-state index contributed by atoms with van der Waals surface area (Å²) >= 11 is 0. The Morgan fingerprint density at radius 1 is 0.941 bits per heavy atom. The van der Waals surface area contributed by atoms with E-state index in [2.05, 4.69) is 20.0 Å². The summed E-state index contributed by atoms with van der Waals surface area (Å²) in [6.07, 6.45) is 0. The summed E-state index contributed by atoms with van der Waals surface area (Å²) in [6, 6.07) is 21.5. The van der Waals surface area contributed by atoms with Gasteiger partial charge in [-0.1, -0.05) is 54.6 Å². The molecule has 2 aromatic heterocycles. The molecule has 0 bridgehead atoms. The van der Waals surface area contributed by atoms with Crippen molar-refractivity contribution in [2.24, 2.45) is 0 Å². The molecule has 8 nitrogen and oxygen atoms in total. The summed E-state index contributed by atoms with van der Waals surface area (Å²) in [5, 5.41) is 15.3. The van der Waals surface area contributed by atoms with E-state index in [1.165, 1.54) is 13.2 Å². The third-order valence-electron chi connectivity index (χ3n) is 5.80. The molecule has 1 N–H and O–H groups in total. The van der Waals surface area contributed by atoms with Gasteiger partial charge >= 0.3 is 0 Å². The predicted octanol–water partition coefficient (Wildman–Crippen LogP) is 4.30. The highest BCUT2D eigenvalue weighted by Crippen LogP contribution is 2.33. The lowest BCUT2D eigenvalue weighted by Crippen LogP contribution is -2.27. The van der Waals surface area contributed by atoms with Crippen LogP contribution < -0.4 is 9.46 Å². The van der Waals surface area contributed by atoms with Crippen LogP contribution in [0.15, 0.2) is 77.7 Å².